The van der Waals surface area contributed by atoms with Crippen LogP contribution in [0.5, 0.6) is 0 Å². The molecule has 3 nitrogen and oxygen atoms in total. The Labute approximate surface area is 100 Å². The van der Waals surface area contributed by atoms with Gasteiger partial charge < -0.3 is 9.64 Å². The first-order chi connectivity index (χ1) is 7.86. The number of hydrogen-bond donors (Lipinski definition) is 0. The van der Waals surface area contributed by atoms with Gasteiger partial charge in [0.25, 0.3) is 0 Å². The van der Waals surface area contributed by atoms with E-state index in [2.05, 4.69) is 23.3 Å². The zero-order valence-electron chi connectivity index (χ0n) is 10.7. The van der Waals surface area contributed by atoms with Crippen LogP contribution in [0.3, 0.4) is 0 Å². The highest BCUT2D eigenvalue weighted by Crippen LogP contribution is 1.99. The monoisotopic (exact) mass is 226 g/mol. The zero-order chi connectivity index (χ0) is 11.6. The molecule has 0 aromatic heterocycles. The molecule has 0 aromatic carbocycles. The Bertz CT molecular complexity index is 179. The fourth-order valence-corrected chi connectivity index (χ4v) is 2.03. The van der Waals surface area contributed by atoms with E-state index in [0.29, 0.717) is 0 Å². The van der Waals surface area contributed by atoms with Gasteiger partial charge in [-0.05, 0) is 19.4 Å². The van der Waals surface area contributed by atoms with Crippen molar-refractivity contribution < 1.29 is 4.74 Å². The van der Waals surface area contributed by atoms with Crippen LogP contribution in [0.25, 0.3) is 0 Å². The van der Waals surface area contributed by atoms with Crippen LogP contribution in [0.4, 0.5) is 0 Å². The van der Waals surface area contributed by atoms with E-state index in [0.717, 1.165) is 39.3 Å². The zero-order valence-corrected chi connectivity index (χ0v) is 10.7. The Morgan fingerprint density at radius 1 is 1.25 bits per heavy atom. The molecule has 0 saturated carbocycles. The first-order valence-electron chi connectivity index (χ1n) is 6.50. The summed E-state index contributed by atoms with van der Waals surface area (Å²) in [6.07, 6.45) is 4.35. The van der Waals surface area contributed by atoms with Gasteiger partial charge in [0.15, 0.2) is 0 Å². The standard InChI is InChI=1S/C13H26N2O/c1-3-5-7-14(6-4-2)8-9-15-10-12-16-13-11-15/h3H,1,4-13H2,2H3. The van der Waals surface area contributed by atoms with E-state index in [-0.39, 0.29) is 0 Å². The smallest absolute Gasteiger partial charge is 0.0594 e. The largest absolute Gasteiger partial charge is 0.379 e. The lowest BCUT2D eigenvalue weighted by atomic mass is 10.3. The van der Waals surface area contributed by atoms with Gasteiger partial charge in [0.1, 0.15) is 0 Å². The van der Waals surface area contributed by atoms with E-state index >= 15 is 0 Å². The number of ether oxygens (including phenoxy) is 1. The van der Waals surface area contributed by atoms with Gasteiger partial charge in [-0.15, -0.1) is 6.58 Å². The second kappa shape index (κ2) is 8.74. The van der Waals surface area contributed by atoms with Crippen LogP contribution in [0.15, 0.2) is 12.7 Å². The van der Waals surface area contributed by atoms with Crippen molar-refractivity contribution in [1.82, 2.24) is 9.80 Å². The normalized spacial score (nSPS) is 17.9. The second-order valence-corrected chi connectivity index (χ2v) is 4.37. The van der Waals surface area contributed by atoms with Crippen LogP contribution in [-0.2, 0) is 4.74 Å². The molecular weight excluding hydrogens is 200 g/mol. The minimum absolute atomic E-state index is 0.903. The molecule has 1 fully saturated rings. The van der Waals surface area contributed by atoms with Crippen molar-refractivity contribution in [2.75, 3.05) is 52.5 Å². The summed E-state index contributed by atoms with van der Waals surface area (Å²) < 4.78 is 5.35. The van der Waals surface area contributed by atoms with Crippen LogP contribution < -0.4 is 0 Å². The number of nitrogens with zero attached hydrogens (tertiary/aromatic N) is 2. The summed E-state index contributed by atoms with van der Waals surface area (Å²) in [4.78, 5) is 5.04. The Kier molecular flexibility index (Phi) is 7.47. The van der Waals surface area contributed by atoms with Crippen molar-refractivity contribution in [3.8, 4) is 0 Å². The molecule has 1 aliphatic heterocycles. The fourth-order valence-electron chi connectivity index (χ4n) is 2.03. The van der Waals surface area contributed by atoms with E-state index < -0.39 is 0 Å². The quantitative estimate of drug-likeness (QED) is 0.585. The molecule has 94 valence electrons. The third-order valence-electron chi connectivity index (χ3n) is 3.03. The second-order valence-electron chi connectivity index (χ2n) is 4.37. The highest BCUT2D eigenvalue weighted by molar-refractivity contribution is 4.71. The molecule has 0 bridgehead atoms. The van der Waals surface area contributed by atoms with Gasteiger partial charge in [0.05, 0.1) is 13.2 Å². The van der Waals surface area contributed by atoms with E-state index in [1.165, 1.54) is 26.1 Å². The lowest BCUT2D eigenvalue weighted by molar-refractivity contribution is 0.0334. The van der Waals surface area contributed by atoms with E-state index in [9.17, 15) is 0 Å². The Hall–Kier alpha value is -0.380. The molecule has 16 heavy (non-hydrogen) atoms. The Morgan fingerprint density at radius 2 is 2.00 bits per heavy atom. The van der Waals surface area contributed by atoms with Gasteiger partial charge >= 0.3 is 0 Å². The van der Waals surface area contributed by atoms with Crippen LogP contribution in [0.1, 0.15) is 19.8 Å². The summed E-state index contributed by atoms with van der Waals surface area (Å²) in [5, 5.41) is 0. The molecule has 0 aromatic rings. The predicted molar refractivity (Wildman–Crippen MR) is 68.8 cm³/mol. The topological polar surface area (TPSA) is 15.7 Å². The highest BCUT2D eigenvalue weighted by Gasteiger charge is 2.11. The molecule has 0 N–H and O–H groups in total. The van der Waals surface area contributed by atoms with E-state index in [1.54, 1.807) is 0 Å². The molecule has 0 radical (unpaired) electrons. The van der Waals surface area contributed by atoms with E-state index in [4.69, 9.17) is 4.74 Å². The summed E-state index contributed by atoms with van der Waals surface area (Å²) in [5.74, 6) is 0. The van der Waals surface area contributed by atoms with Crippen molar-refractivity contribution >= 4 is 0 Å². The third-order valence-corrected chi connectivity index (χ3v) is 3.03. The predicted octanol–water partition coefficient (Wildman–Crippen LogP) is 1.61. The van der Waals surface area contributed by atoms with Crippen molar-refractivity contribution in [3.05, 3.63) is 12.7 Å². The average Bonchev–Trinajstić information content (AvgIpc) is 2.34. The van der Waals surface area contributed by atoms with Crippen molar-refractivity contribution in [2.24, 2.45) is 0 Å². The minimum atomic E-state index is 0.903. The van der Waals surface area contributed by atoms with Crippen molar-refractivity contribution in [1.29, 1.82) is 0 Å². The molecule has 0 amide bonds. The maximum Gasteiger partial charge on any atom is 0.0594 e. The Morgan fingerprint density at radius 3 is 2.62 bits per heavy atom. The number of morpholine rings is 1. The number of hydrogen-bond acceptors (Lipinski definition) is 3. The maximum atomic E-state index is 5.35. The molecular formula is C13H26N2O. The average molecular weight is 226 g/mol. The molecule has 0 atom stereocenters. The fraction of sp³-hybridized carbons (Fsp3) is 0.846. The van der Waals surface area contributed by atoms with Gasteiger partial charge in [0.2, 0.25) is 0 Å². The number of rotatable bonds is 8. The van der Waals surface area contributed by atoms with Gasteiger partial charge in [0, 0.05) is 32.7 Å². The third kappa shape index (κ3) is 5.64. The van der Waals surface area contributed by atoms with Crippen LogP contribution >= 0.6 is 0 Å². The van der Waals surface area contributed by atoms with Crippen LogP contribution in [-0.4, -0.2) is 62.3 Å². The molecule has 0 unspecified atom stereocenters. The maximum absolute atomic E-state index is 5.35. The molecule has 1 heterocycles. The summed E-state index contributed by atoms with van der Waals surface area (Å²) in [6, 6.07) is 0. The van der Waals surface area contributed by atoms with Gasteiger partial charge in [-0.2, -0.15) is 0 Å². The summed E-state index contributed by atoms with van der Waals surface area (Å²) in [6.45, 7) is 14.8. The van der Waals surface area contributed by atoms with E-state index in [1.807, 2.05) is 6.08 Å². The first kappa shape index (κ1) is 13.7. The summed E-state index contributed by atoms with van der Waals surface area (Å²) in [5.41, 5.74) is 0. The van der Waals surface area contributed by atoms with Gasteiger partial charge in [-0.25, -0.2) is 0 Å². The van der Waals surface area contributed by atoms with Gasteiger partial charge in [-0.1, -0.05) is 13.0 Å². The molecule has 1 aliphatic rings. The molecule has 1 rings (SSSR count). The SMILES string of the molecule is C=CCCN(CCC)CCN1CCOCC1. The minimum Gasteiger partial charge on any atom is -0.379 e. The summed E-state index contributed by atoms with van der Waals surface area (Å²) >= 11 is 0. The molecule has 0 spiro atoms. The van der Waals surface area contributed by atoms with Crippen molar-refractivity contribution in [3.63, 3.8) is 0 Å². The molecule has 0 aliphatic carbocycles. The lowest BCUT2D eigenvalue weighted by Crippen LogP contribution is -2.41. The van der Waals surface area contributed by atoms with Crippen LogP contribution in [0.2, 0.25) is 0 Å². The highest BCUT2D eigenvalue weighted by atomic mass is 16.5. The van der Waals surface area contributed by atoms with Gasteiger partial charge in [-0.3, -0.25) is 4.90 Å². The Balaban J connectivity index is 2.16. The molecule has 3 heteroatoms. The van der Waals surface area contributed by atoms with Crippen LogP contribution in [0, 0.1) is 0 Å². The van der Waals surface area contributed by atoms with Crippen molar-refractivity contribution in [2.45, 2.75) is 19.8 Å². The summed E-state index contributed by atoms with van der Waals surface area (Å²) in [7, 11) is 0. The lowest BCUT2D eigenvalue weighted by Gasteiger charge is -2.29. The molecule has 1 saturated heterocycles. The first-order valence-corrected chi connectivity index (χ1v) is 6.50.